The van der Waals surface area contributed by atoms with E-state index in [1.807, 2.05) is 0 Å². The molecule has 1 aliphatic heterocycles. The van der Waals surface area contributed by atoms with E-state index in [-0.39, 0.29) is 0 Å². The summed E-state index contributed by atoms with van der Waals surface area (Å²) in [5, 5.41) is 3.46. The predicted octanol–water partition coefficient (Wildman–Crippen LogP) is 4.16. The van der Waals surface area contributed by atoms with Crippen LogP contribution in [0, 0.1) is 6.92 Å². The van der Waals surface area contributed by atoms with E-state index in [1.165, 1.54) is 46.2 Å². The highest BCUT2D eigenvalue weighted by Gasteiger charge is 2.26. The Labute approximate surface area is 120 Å². The van der Waals surface area contributed by atoms with Gasteiger partial charge in [-0.3, -0.25) is 0 Å². The fraction of sp³-hybridized carbons (Fsp3) is 0.263. The molecular weight excluding hydrogens is 242 g/mol. The molecule has 1 heteroatoms. The van der Waals surface area contributed by atoms with Gasteiger partial charge in [0.1, 0.15) is 0 Å². The summed E-state index contributed by atoms with van der Waals surface area (Å²) in [7, 11) is 0. The van der Waals surface area contributed by atoms with Gasteiger partial charge in [-0.05, 0) is 60.7 Å². The lowest BCUT2D eigenvalue weighted by atomic mass is 9.92. The van der Waals surface area contributed by atoms with Gasteiger partial charge in [-0.15, -0.1) is 0 Å². The number of fused-ring (bicyclic) bond motifs is 3. The van der Waals surface area contributed by atoms with Crippen LogP contribution >= 0.6 is 0 Å². The average Bonchev–Trinajstić information content (AvgIpc) is 2.81. The number of benzene rings is 2. The molecule has 2 aromatic carbocycles. The van der Waals surface area contributed by atoms with Crippen molar-refractivity contribution in [1.29, 1.82) is 0 Å². The molecule has 1 heterocycles. The van der Waals surface area contributed by atoms with E-state index in [4.69, 9.17) is 0 Å². The van der Waals surface area contributed by atoms with Crippen LogP contribution in [-0.4, -0.2) is 13.1 Å². The molecule has 0 atom stereocenters. The SMILES string of the molecule is Cc1ccc2c(c1)C(=C1CCNCC1)c1ccccc1-2. The molecule has 0 saturated carbocycles. The molecule has 0 unspecified atom stereocenters. The van der Waals surface area contributed by atoms with Gasteiger partial charge in [0, 0.05) is 0 Å². The Kier molecular flexibility index (Phi) is 2.75. The van der Waals surface area contributed by atoms with Crippen LogP contribution in [0.5, 0.6) is 0 Å². The van der Waals surface area contributed by atoms with Crippen LogP contribution in [0.3, 0.4) is 0 Å². The summed E-state index contributed by atoms with van der Waals surface area (Å²) in [4.78, 5) is 0. The van der Waals surface area contributed by atoms with Crippen molar-refractivity contribution in [2.24, 2.45) is 0 Å². The molecule has 20 heavy (non-hydrogen) atoms. The monoisotopic (exact) mass is 261 g/mol. The van der Waals surface area contributed by atoms with Gasteiger partial charge in [0.25, 0.3) is 0 Å². The molecule has 2 aromatic rings. The lowest BCUT2D eigenvalue weighted by Crippen LogP contribution is -2.23. The van der Waals surface area contributed by atoms with Gasteiger partial charge in [0.2, 0.25) is 0 Å². The van der Waals surface area contributed by atoms with Crippen molar-refractivity contribution in [3.63, 3.8) is 0 Å². The second-order valence-electron chi connectivity index (χ2n) is 5.82. The number of aryl methyl sites for hydroxylation is 1. The first-order chi connectivity index (χ1) is 9.84. The molecule has 100 valence electrons. The molecule has 1 fully saturated rings. The van der Waals surface area contributed by atoms with E-state index in [9.17, 15) is 0 Å². The van der Waals surface area contributed by atoms with Gasteiger partial charge >= 0.3 is 0 Å². The standard InChI is InChI=1S/C19H19N/c1-13-6-7-16-15-4-2-3-5-17(15)19(18(16)12-13)14-8-10-20-11-9-14/h2-7,12,20H,8-11H2,1H3. The Morgan fingerprint density at radius 1 is 0.800 bits per heavy atom. The van der Waals surface area contributed by atoms with Crippen LogP contribution in [0.4, 0.5) is 0 Å². The minimum atomic E-state index is 1.11. The summed E-state index contributed by atoms with van der Waals surface area (Å²) in [5.41, 5.74) is 10.2. The zero-order valence-electron chi connectivity index (χ0n) is 11.9. The lowest BCUT2D eigenvalue weighted by molar-refractivity contribution is 0.612. The molecular formula is C19H19N. The number of hydrogen-bond acceptors (Lipinski definition) is 1. The van der Waals surface area contributed by atoms with Crippen LogP contribution in [0.1, 0.15) is 29.5 Å². The van der Waals surface area contributed by atoms with Crippen LogP contribution in [0.15, 0.2) is 48.0 Å². The van der Waals surface area contributed by atoms with Crippen molar-refractivity contribution in [1.82, 2.24) is 5.32 Å². The topological polar surface area (TPSA) is 12.0 Å². The summed E-state index contributed by atoms with van der Waals surface area (Å²) in [6.45, 7) is 4.41. The Hall–Kier alpha value is -1.86. The van der Waals surface area contributed by atoms with E-state index in [0.29, 0.717) is 0 Å². The number of piperidine rings is 1. The highest BCUT2D eigenvalue weighted by Crippen LogP contribution is 2.46. The third kappa shape index (κ3) is 1.74. The van der Waals surface area contributed by atoms with Gasteiger partial charge in [-0.2, -0.15) is 0 Å². The van der Waals surface area contributed by atoms with E-state index in [1.54, 1.807) is 5.57 Å². The van der Waals surface area contributed by atoms with Crippen molar-refractivity contribution >= 4 is 5.57 Å². The molecule has 1 aliphatic carbocycles. The van der Waals surface area contributed by atoms with E-state index < -0.39 is 0 Å². The Morgan fingerprint density at radius 3 is 2.30 bits per heavy atom. The van der Waals surface area contributed by atoms with E-state index >= 15 is 0 Å². The molecule has 2 aliphatic rings. The first kappa shape index (κ1) is 11.9. The maximum Gasteiger partial charge on any atom is -0.00111 e. The summed E-state index contributed by atoms with van der Waals surface area (Å²) >= 11 is 0. The van der Waals surface area contributed by atoms with Gasteiger partial charge in [-0.25, -0.2) is 0 Å². The molecule has 0 amide bonds. The van der Waals surface area contributed by atoms with Crippen LogP contribution < -0.4 is 5.32 Å². The Bertz CT molecular complexity index is 701. The number of rotatable bonds is 0. The predicted molar refractivity (Wildman–Crippen MR) is 84.7 cm³/mol. The van der Waals surface area contributed by atoms with Crippen LogP contribution in [0.2, 0.25) is 0 Å². The van der Waals surface area contributed by atoms with Crippen molar-refractivity contribution in [3.05, 3.63) is 64.7 Å². The van der Waals surface area contributed by atoms with Gasteiger partial charge in [-0.1, -0.05) is 53.6 Å². The number of nitrogens with one attached hydrogen (secondary N) is 1. The quantitative estimate of drug-likeness (QED) is 0.640. The Morgan fingerprint density at radius 2 is 1.50 bits per heavy atom. The summed E-state index contributed by atoms with van der Waals surface area (Å²) in [6.07, 6.45) is 2.36. The van der Waals surface area contributed by atoms with Gasteiger partial charge in [0.15, 0.2) is 0 Å². The van der Waals surface area contributed by atoms with Crippen molar-refractivity contribution in [3.8, 4) is 11.1 Å². The first-order valence-corrected chi connectivity index (χ1v) is 7.48. The zero-order chi connectivity index (χ0) is 13.5. The fourth-order valence-electron chi connectivity index (χ4n) is 3.54. The summed E-state index contributed by atoms with van der Waals surface area (Å²) in [5.74, 6) is 0. The molecule has 0 spiro atoms. The molecule has 0 aromatic heterocycles. The van der Waals surface area contributed by atoms with Crippen LogP contribution in [0.25, 0.3) is 16.7 Å². The maximum atomic E-state index is 3.46. The second-order valence-corrected chi connectivity index (χ2v) is 5.82. The molecule has 1 nitrogen and oxygen atoms in total. The van der Waals surface area contributed by atoms with Crippen LogP contribution in [-0.2, 0) is 0 Å². The second kappa shape index (κ2) is 4.60. The van der Waals surface area contributed by atoms with Crippen molar-refractivity contribution in [2.45, 2.75) is 19.8 Å². The maximum absolute atomic E-state index is 3.46. The lowest BCUT2D eigenvalue weighted by Gasteiger charge is -2.19. The third-order valence-corrected chi connectivity index (χ3v) is 4.49. The number of hydrogen-bond donors (Lipinski definition) is 1. The molecule has 4 rings (SSSR count). The Balaban J connectivity index is 2.01. The molecule has 0 bridgehead atoms. The van der Waals surface area contributed by atoms with Gasteiger partial charge < -0.3 is 5.32 Å². The minimum Gasteiger partial charge on any atom is -0.316 e. The van der Waals surface area contributed by atoms with E-state index in [0.717, 1.165) is 13.1 Å². The molecule has 0 radical (unpaired) electrons. The first-order valence-electron chi connectivity index (χ1n) is 7.48. The highest BCUT2D eigenvalue weighted by molar-refractivity contribution is 6.02. The molecule has 1 saturated heterocycles. The highest BCUT2D eigenvalue weighted by atomic mass is 14.9. The van der Waals surface area contributed by atoms with Gasteiger partial charge in [0.05, 0.1) is 0 Å². The smallest absolute Gasteiger partial charge is 0.00111 e. The summed E-state index contributed by atoms with van der Waals surface area (Å²) < 4.78 is 0. The third-order valence-electron chi connectivity index (χ3n) is 4.49. The summed E-state index contributed by atoms with van der Waals surface area (Å²) in [6, 6.07) is 15.7. The van der Waals surface area contributed by atoms with Crippen molar-refractivity contribution in [2.75, 3.05) is 13.1 Å². The minimum absolute atomic E-state index is 1.11. The largest absolute Gasteiger partial charge is 0.316 e. The fourth-order valence-corrected chi connectivity index (χ4v) is 3.54. The normalized spacial score (nSPS) is 17.1. The average molecular weight is 261 g/mol. The zero-order valence-corrected chi connectivity index (χ0v) is 11.9. The van der Waals surface area contributed by atoms with E-state index in [2.05, 4.69) is 54.7 Å². The van der Waals surface area contributed by atoms with Crippen molar-refractivity contribution < 1.29 is 0 Å². The molecule has 1 N–H and O–H groups in total.